The van der Waals surface area contributed by atoms with Crippen molar-refractivity contribution >= 4 is 23.4 Å². The fourth-order valence-corrected chi connectivity index (χ4v) is 2.64. The third kappa shape index (κ3) is 3.93. The minimum absolute atomic E-state index is 0.391. The standard InChI is InChI=1S/C15H15NO3S/c1-2-12-13(8-9-15(17)18)20-14(16-12)10-19-11-6-4-3-5-7-11/h3-9H,2,10H2,1H3,(H,17,18)/b9-8+. The molecule has 104 valence electrons. The Morgan fingerprint density at radius 2 is 2.15 bits per heavy atom. The van der Waals surface area contributed by atoms with Gasteiger partial charge >= 0.3 is 5.97 Å². The first-order chi connectivity index (χ1) is 9.69. The Labute approximate surface area is 121 Å². The molecule has 0 spiro atoms. The number of carboxylic acid groups (broad SMARTS) is 1. The molecule has 0 aliphatic heterocycles. The maximum atomic E-state index is 10.6. The van der Waals surface area contributed by atoms with Crippen molar-refractivity contribution in [3.63, 3.8) is 0 Å². The Morgan fingerprint density at radius 3 is 2.80 bits per heavy atom. The smallest absolute Gasteiger partial charge is 0.328 e. The number of hydrogen-bond acceptors (Lipinski definition) is 4. The quantitative estimate of drug-likeness (QED) is 0.828. The van der Waals surface area contributed by atoms with E-state index in [-0.39, 0.29) is 0 Å². The number of ether oxygens (including phenoxy) is 1. The normalized spacial score (nSPS) is 10.8. The van der Waals surface area contributed by atoms with Crippen LogP contribution in [0.5, 0.6) is 5.75 Å². The van der Waals surface area contributed by atoms with Crippen LogP contribution in [0.1, 0.15) is 22.5 Å². The monoisotopic (exact) mass is 289 g/mol. The molecule has 2 rings (SSSR count). The summed E-state index contributed by atoms with van der Waals surface area (Å²) in [5.41, 5.74) is 0.902. The van der Waals surface area contributed by atoms with Gasteiger partial charge in [0, 0.05) is 6.08 Å². The molecule has 0 saturated carbocycles. The van der Waals surface area contributed by atoms with Crippen molar-refractivity contribution in [3.05, 3.63) is 52.0 Å². The molecule has 1 N–H and O–H groups in total. The maximum absolute atomic E-state index is 10.6. The second-order valence-corrected chi connectivity index (χ2v) is 5.16. The number of thiazole rings is 1. The molecule has 0 amide bonds. The Kier molecular flexibility index (Phi) is 4.90. The highest BCUT2D eigenvalue weighted by Gasteiger charge is 2.08. The topological polar surface area (TPSA) is 59.4 Å². The molecule has 0 fully saturated rings. The minimum atomic E-state index is -0.956. The third-order valence-electron chi connectivity index (χ3n) is 2.59. The molecule has 4 nitrogen and oxygen atoms in total. The van der Waals surface area contributed by atoms with Gasteiger partial charge in [-0.1, -0.05) is 25.1 Å². The molecule has 0 saturated heterocycles. The number of benzene rings is 1. The fraction of sp³-hybridized carbons (Fsp3) is 0.200. The van der Waals surface area contributed by atoms with E-state index in [2.05, 4.69) is 4.98 Å². The van der Waals surface area contributed by atoms with Crippen molar-refractivity contribution in [1.29, 1.82) is 0 Å². The van der Waals surface area contributed by atoms with Gasteiger partial charge in [-0.3, -0.25) is 0 Å². The van der Waals surface area contributed by atoms with Crippen LogP contribution in [0.25, 0.3) is 6.08 Å². The molecular formula is C15H15NO3S. The SMILES string of the molecule is CCc1nc(COc2ccccc2)sc1/C=C/C(=O)O. The summed E-state index contributed by atoms with van der Waals surface area (Å²) >= 11 is 1.46. The molecule has 5 heteroatoms. The summed E-state index contributed by atoms with van der Waals surface area (Å²) < 4.78 is 5.64. The number of aryl methyl sites for hydroxylation is 1. The molecule has 0 aliphatic carbocycles. The Bertz CT molecular complexity index is 605. The molecule has 20 heavy (non-hydrogen) atoms. The van der Waals surface area contributed by atoms with Gasteiger partial charge in [-0.05, 0) is 24.6 Å². The number of carboxylic acids is 1. The van der Waals surface area contributed by atoms with E-state index in [4.69, 9.17) is 9.84 Å². The van der Waals surface area contributed by atoms with Crippen molar-refractivity contribution in [2.24, 2.45) is 0 Å². The summed E-state index contributed by atoms with van der Waals surface area (Å²) in [5.74, 6) is -0.161. The van der Waals surface area contributed by atoms with Gasteiger partial charge in [-0.2, -0.15) is 0 Å². The Balaban J connectivity index is 2.07. The second-order valence-electron chi connectivity index (χ2n) is 4.05. The van der Waals surface area contributed by atoms with E-state index in [0.29, 0.717) is 6.61 Å². The van der Waals surface area contributed by atoms with Gasteiger partial charge in [-0.15, -0.1) is 11.3 Å². The van der Waals surface area contributed by atoms with Crippen molar-refractivity contribution in [2.45, 2.75) is 20.0 Å². The highest BCUT2D eigenvalue weighted by Crippen LogP contribution is 2.22. The zero-order chi connectivity index (χ0) is 14.4. The van der Waals surface area contributed by atoms with Crippen LogP contribution in [0.3, 0.4) is 0 Å². The van der Waals surface area contributed by atoms with Crippen LogP contribution in [-0.2, 0) is 17.8 Å². The zero-order valence-electron chi connectivity index (χ0n) is 11.1. The van der Waals surface area contributed by atoms with Gasteiger partial charge in [0.1, 0.15) is 17.4 Å². The molecular weight excluding hydrogens is 274 g/mol. The highest BCUT2D eigenvalue weighted by molar-refractivity contribution is 7.12. The fourth-order valence-electron chi connectivity index (χ4n) is 1.67. The van der Waals surface area contributed by atoms with E-state index in [0.717, 1.165) is 33.8 Å². The zero-order valence-corrected chi connectivity index (χ0v) is 11.9. The van der Waals surface area contributed by atoms with Crippen LogP contribution < -0.4 is 4.74 Å². The van der Waals surface area contributed by atoms with E-state index in [1.165, 1.54) is 11.3 Å². The number of para-hydroxylation sites is 1. The predicted molar refractivity (Wildman–Crippen MR) is 78.9 cm³/mol. The molecule has 1 aromatic heterocycles. The lowest BCUT2D eigenvalue weighted by Crippen LogP contribution is -1.94. The van der Waals surface area contributed by atoms with E-state index in [1.807, 2.05) is 37.3 Å². The summed E-state index contributed by atoms with van der Waals surface area (Å²) in [6, 6.07) is 9.53. The molecule has 0 radical (unpaired) electrons. The number of aromatic nitrogens is 1. The van der Waals surface area contributed by atoms with E-state index in [9.17, 15) is 4.79 Å². The average Bonchev–Trinajstić information content (AvgIpc) is 2.86. The van der Waals surface area contributed by atoms with Crippen LogP contribution in [0, 0.1) is 0 Å². The summed E-state index contributed by atoms with van der Waals surface area (Å²) in [6.07, 6.45) is 3.49. The van der Waals surface area contributed by atoms with Crippen LogP contribution >= 0.6 is 11.3 Å². The number of hydrogen-bond donors (Lipinski definition) is 1. The van der Waals surface area contributed by atoms with Crippen molar-refractivity contribution in [1.82, 2.24) is 4.98 Å². The Hall–Kier alpha value is -2.14. The summed E-state index contributed by atoms with van der Waals surface area (Å²) in [6.45, 7) is 2.39. The van der Waals surface area contributed by atoms with Gasteiger partial charge in [-0.25, -0.2) is 9.78 Å². The van der Waals surface area contributed by atoms with Gasteiger partial charge in [0.15, 0.2) is 0 Å². The lowest BCUT2D eigenvalue weighted by molar-refractivity contribution is -0.131. The third-order valence-corrected chi connectivity index (χ3v) is 3.63. The van der Waals surface area contributed by atoms with Crippen molar-refractivity contribution in [2.75, 3.05) is 0 Å². The molecule has 0 bridgehead atoms. The van der Waals surface area contributed by atoms with Crippen molar-refractivity contribution in [3.8, 4) is 5.75 Å². The van der Waals surface area contributed by atoms with E-state index in [1.54, 1.807) is 6.08 Å². The number of rotatable bonds is 6. The first-order valence-corrected chi connectivity index (χ1v) is 7.08. The lowest BCUT2D eigenvalue weighted by Gasteiger charge is -2.02. The van der Waals surface area contributed by atoms with Gasteiger partial charge in [0.05, 0.1) is 10.6 Å². The van der Waals surface area contributed by atoms with Crippen LogP contribution in [0.15, 0.2) is 36.4 Å². The predicted octanol–water partition coefficient (Wildman–Crippen LogP) is 3.38. The lowest BCUT2D eigenvalue weighted by atomic mass is 10.3. The summed E-state index contributed by atoms with van der Waals surface area (Å²) in [7, 11) is 0. The minimum Gasteiger partial charge on any atom is -0.486 e. The van der Waals surface area contributed by atoms with Crippen LogP contribution in [-0.4, -0.2) is 16.1 Å². The number of carbonyl (C=O) groups is 1. The molecule has 1 heterocycles. The van der Waals surface area contributed by atoms with Crippen molar-refractivity contribution < 1.29 is 14.6 Å². The molecule has 0 aliphatic rings. The van der Waals surface area contributed by atoms with Gasteiger partial charge < -0.3 is 9.84 Å². The molecule has 2 aromatic rings. The second kappa shape index (κ2) is 6.86. The van der Waals surface area contributed by atoms with Crippen LogP contribution in [0.4, 0.5) is 0 Å². The maximum Gasteiger partial charge on any atom is 0.328 e. The number of aliphatic carboxylic acids is 1. The van der Waals surface area contributed by atoms with Gasteiger partial charge in [0.2, 0.25) is 0 Å². The number of nitrogens with zero attached hydrogens (tertiary/aromatic N) is 1. The Morgan fingerprint density at radius 1 is 1.40 bits per heavy atom. The molecule has 0 atom stereocenters. The summed E-state index contributed by atoms with van der Waals surface area (Å²) in [4.78, 5) is 15.9. The average molecular weight is 289 g/mol. The first kappa shape index (κ1) is 14.3. The van der Waals surface area contributed by atoms with E-state index < -0.39 is 5.97 Å². The van der Waals surface area contributed by atoms with E-state index >= 15 is 0 Å². The highest BCUT2D eigenvalue weighted by atomic mass is 32.1. The molecule has 0 unspecified atom stereocenters. The largest absolute Gasteiger partial charge is 0.486 e. The first-order valence-electron chi connectivity index (χ1n) is 6.26. The molecule has 1 aromatic carbocycles. The van der Waals surface area contributed by atoms with Crippen LogP contribution in [0.2, 0.25) is 0 Å². The van der Waals surface area contributed by atoms with Gasteiger partial charge in [0.25, 0.3) is 0 Å². The summed E-state index contributed by atoms with van der Waals surface area (Å²) in [5, 5.41) is 9.51.